The summed E-state index contributed by atoms with van der Waals surface area (Å²) in [4.78, 5) is 4.19. The predicted octanol–water partition coefficient (Wildman–Crippen LogP) is 2.54. The summed E-state index contributed by atoms with van der Waals surface area (Å²) in [6.07, 6.45) is 1.80. The van der Waals surface area contributed by atoms with Crippen LogP contribution < -0.4 is 5.32 Å². The molecule has 0 bridgehead atoms. The lowest BCUT2D eigenvalue weighted by Gasteiger charge is -2.17. The van der Waals surface area contributed by atoms with Gasteiger partial charge in [0, 0.05) is 12.2 Å². The SMILES string of the molecule is CC(C)[C@@H](C)Nc1ccccn1. The Bertz CT molecular complexity index is 219. The Balaban J connectivity index is 2.53. The van der Waals surface area contributed by atoms with Gasteiger partial charge in [0.25, 0.3) is 0 Å². The highest BCUT2D eigenvalue weighted by Crippen LogP contribution is 2.08. The van der Waals surface area contributed by atoms with Gasteiger partial charge in [0.15, 0.2) is 0 Å². The Hall–Kier alpha value is -1.05. The zero-order chi connectivity index (χ0) is 8.97. The topological polar surface area (TPSA) is 24.9 Å². The van der Waals surface area contributed by atoms with Gasteiger partial charge >= 0.3 is 0 Å². The molecule has 0 unspecified atom stereocenters. The van der Waals surface area contributed by atoms with Gasteiger partial charge in [-0.05, 0) is 25.0 Å². The lowest BCUT2D eigenvalue weighted by atomic mass is 10.1. The molecule has 1 rings (SSSR count). The monoisotopic (exact) mass is 164 g/mol. The van der Waals surface area contributed by atoms with Crippen molar-refractivity contribution in [3.63, 3.8) is 0 Å². The second-order valence-electron chi connectivity index (χ2n) is 3.39. The number of nitrogens with zero attached hydrogens (tertiary/aromatic N) is 1. The van der Waals surface area contributed by atoms with Crippen LogP contribution in [0.1, 0.15) is 20.8 Å². The van der Waals surface area contributed by atoms with E-state index in [9.17, 15) is 0 Å². The average Bonchev–Trinajstić information content (AvgIpc) is 2.06. The summed E-state index contributed by atoms with van der Waals surface area (Å²) in [6, 6.07) is 6.37. The molecule has 1 aromatic rings. The van der Waals surface area contributed by atoms with E-state index < -0.39 is 0 Å². The molecule has 66 valence electrons. The first-order chi connectivity index (χ1) is 5.70. The summed E-state index contributed by atoms with van der Waals surface area (Å²) in [5, 5.41) is 3.33. The molecule has 2 nitrogen and oxygen atoms in total. The zero-order valence-electron chi connectivity index (χ0n) is 7.91. The highest BCUT2D eigenvalue weighted by atomic mass is 15.0. The Morgan fingerprint density at radius 2 is 2.00 bits per heavy atom. The number of pyridine rings is 1. The van der Waals surface area contributed by atoms with E-state index in [-0.39, 0.29) is 0 Å². The Morgan fingerprint density at radius 1 is 1.25 bits per heavy atom. The predicted molar refractivity (Wildman–Crippen MR) is 52.2 cm³/mol. The summed E-state index contributed by atoms with van der Waals surface area (Å²) in [7, 11) is 0. The largest absolute Gasteiger partial charge is 0.367 e. The number of rotatable bonds is 3. The van der Waals surface area contributed by atoms with Crippen molar-refractivity contribution in [1.82, 2.24) is 4.98 Å². The van der Waals surface area contributed by atoms with Gasteiger partial charge in [-0.25, -0.2) is 4.98 Å². The van der Waals surface area contributed by atoms with Gasteiger partial charge in [0.1, 0.15) is 5.82 Å². The zero-order valence-corrected chi connectivity index (χ0v) is 7.91. The van der Waals surface area contributed by atoms with Crippen LogP contribution in [-0.2, 0) is 0 Å². The molecular formula is C10H16N2. The normalized spacial score (nSPS) is 13.0. The van der Waals surface area contributed by atoms with Crippen LogP contribution in [0.4, 0.5) is 5.82 Å². The van der Waals surface area contributed by atoms with E-state index in [1.807, 2.05) is 18.2 Å². The summed E-state index contributed by atoms with van der Waals surface area (Å²) in [6.45, 7) is 6.56. The second-order valence-corrected chi connectivity index (χ2v) is 3.39. The van der Waals surface area contributed by atoms with Crippen LogP contribution in [0.15, 0.2) is 24.4 Å². The number of aromatic nitrogens is 1. The van der Waals surface area contributed by atoms with Gasteiger partial charge in [-0.15, -0.1) is 0 Å². The lowest BCUT2D eigenvalue weighted by molar-refractivity contribution is 0.558. The second kappa shape index (κ2) is 4.10. The molecule has 1 atom stereocenters. The van der Waals surface area contributed by atoms with Crippen molar-refractivity contribution in [2.24, 2.45) is 5.92 Å². The smallest absolute Gasteiger partial charge is 0.126 e. The maximum Gasteiger partial charge on any atom is 0.126 e. The van der Waals surface area contributed by atoms with Crippen molar-refractivity contribution in [2.75, 3.05) is 5.32 Å². The molecule has 0 radical (unpaired) electrons. The maximum absolute atomic E-state index is 4.19. The van der Waals surface area contributed by atoms with E-state index in [1.54, 1.807) is 6.20 Å². The van der Waals surface area contributed by atoms with E-state index in [2.05, 4.69) is 31.1 Å². The van der Waals surface area contributed by atoms with Crippen molar-refractivity contribution in [2.45, 2.75) is 26.8 Å². The molecule has 12 heavy (non-hydrogen) atoms. The van der Waals surface area contributed by atoms with Gasteiger partial charge < -0.3 is 5.32 Å². The quantitative estimate of drug-likeness (QED) is 0.742. The van der Waals surface area contributed by atoms with Crippen LogP contribution in [-0.4, -0.2) is 11.0 Å². The Morgan fingerprint density at radius 3 is 2.50 bits per heavy atom. The minimum absolute atomic E-state index is 0.472. The van der Waals surface area contributed by atoms with Crippen LogP contribution in [0.3, 0.4) is 0 Å². The van der Waals surface area contributed by atoms with E-state index in [0.29, 0.717) is 12.0 Å². The molecular weight excluding hydrogens is 148 g/mol. The van der Waals surface area contributed by atoms with Gasteiger partial charge in [-0.1, -0.05) is 19.9 Å². The fourth-order valence-electron chi connectivity index (χ4n) is 0.848. The van der Waals surface area contributed by atoms with Crippen LogP contribution in [0.2, 0.25) is 0 Å². The first-order valence-electron chi connectivity index (χ1n) is 4.37. The van der Waals surface area contributed by atoms with Crippen LogP contribution in [0.5, 0.6) is 0 Å². The third-order valence-electron chi connectivity index (χ3n) is 2.04. The van der Waals surface area contributed by atoms with Crippen LogP contribution >= 0.6 is 0 Å². The molecule has 0 saturated carbocycles. The first kappa shape index (κ1) is 9.04. The standard InChI is InChI=1S/C10H16N2/c1-8(2)9(3)12-10-6-4-5-7-11-10/h4-9H,1-3H3,(H,11,12)/t9-/m1/s1. The van der Waals surface area contributed by atoms with E-state index in [1.165, 1.54) is 0 Å². The fourth-order valence-corrected chi connectivity index (χ4v) is 0.848. The molecule has 0 fully saturated rings. The van der Waals surface area contributed by atoms with Crippen molar-refractivity contribution >= 4 is 5.82 Å². The van der Waals surface area contributed by atoms with E-state index in [0.717, 1.165) is 5.82 Å². The average molecular weight is 164 g/mol. The van der Waals surface area contributed by atoms with Gasteiger partial charge in [-0.3, -0.25) is 0 Å². The van der Waals surface area contributed by atoms with Crippen molar-refractivity contribution in [3.8, 4) is 0 Å². The highest BCUT2D eigenvalue weighted by molar-refractivity contribution is 5.34. The van der Waals surface area contributed by atoms with Gasteiger partial charge in [-0.2, -0.15) is 0 Å². The highest BCUT2D eigenvalue weighted by Gasteiger charge is 2.05. The third-order valence-corrected chi connectivity index (χ3v) is 2.04. The van der Waals surface area contributed by atoms with Crippen LogP contribution in [0, 0.1) is 5.92 Å². The van der Waals surface area contributed by atoms with Crippen molar-refractivity contribution in [1.29, 1.82) is 0 Å². The minimum Gasteiger partial charge on any atom is -0.367 e. The van der Waals surface area contributed by atoms with Gasteiger partial charge in [0.2, 0.25) is 0 Å². The molecule has 0 aliphatic carbocycles. The summed E-state index contributed by atoms with van der Waals surface area (Å²) in [5.74, 6) is 1.59. The van der Waals surface area contributed by atoms with E-state index >= 15 is 0 Å². The molecule has 0 amide bonds. The first-order valence-corrected chi connectivity index (χ1v) is 4.37. The Labute approximate surface area is 74.0 Å². The van der Waals surface area contributed by atoms with Crippen LogP contribution in [0.25, 0.3) is 0 Å². The molecule has 0 saturated heterocycles. The number of anilines is 1. The molecule has 1 N–H and O–H groups in total. The molecule has 2 heteroatoms. The summed E-state index contributed by atoms with van der Waals surface area (Å²) >= 11 is 0. The molecule has 0 spiro atoms. The molecule has 0 aliphatic heterocycles. The Kier molecular flexibility index (Phi) is 3.09. The van der Waals surface area contributed by atoms with Crippen molar-refractivity contribution < 1.29 is 0 Å². The number of hydrogen-bond donors (Lipinski definition) is 1. The maximum atomic E-state index is 4.19. The molecule has 0 aromatic carbocycles. The minimum atomic E-state index is 0.472. The lowest BCUT2D eigenvalue weighted by Crippen LogP contribution is -2.21. The third kappa shape index (κ3) is 2.53. The molecule has 0 aliphatic rings. The van der Waals surface area contributed by atoms with E-state index in [4.69, 9.17) is 0 Å². The number of hydrogen-bond acceptors (Lipinski definition) is 2. The van der Waals surface area contributed by atoms with Gasteiger partial charge in [0.05, 0.1) is 0 Å². The summed E-state index contributed by atoms with van der Waals surface area (Å²) in [5.41, 5.74) is 0. The summed E-state index contributed by atoms with van der Waals surface area (Å²) < 4.78 is 0. The molecule has 1 aromatic heterocycles. The number of nitrogens with one attached hydrogen (secondary N) is 1. The molecule has 1 heterocycles. The fraction of sp³-hybridized carbons (Fsp3) is 0.500. The van der Waals surface area contributed by atoms with Crippen molar-refractivity contribution in [3.05, 3.63) is 24.4 Å².